The highest BCUT2D eigenvalue weighted by atomic mass is 16.6. The first kappa shape index (κ1) is 18.2. The molecule has 4 rings (SSSR count). The summed E-state index contributed by atoms with van der Waals surface area (Å²) in [6.07, 6.45) is 5.21. The third kappa shape index (κ3) is 3.76. The lowest BCUT2D eigenvalue weighted by atomic mass is 10.2. The van der Waals surface area contributed by atoms with Crippen LogP contribution in [0.2, 0.25) is 0 Å². The van der Waals surface area contributed by atoms with Crippen LogP contribution in [0.15, 0.2) is 70.4 Å². The summed E-state index contributed by atoms with van der Waals surface area (Å²) in [5.41, 5.74) is 2.03. The van der Waals surface area contributed by atoms with Gasteiger partial charge in [-0.3, -0.25) is 19.5 Å². The summed E-state index contributed by atoms with van der Waals surface area (Å²) in [6.45, 7) is 0.0375. The lowest BCUT2D eigenvalue weighted by Gasteiger charge is -2.07. The highest BCUT2D eigenvalue weighted by molar-refractivity contribution is 5.80. The zero-order valence-electron chi connectivity index (χ0n) is 15.0. The Bertz CT molecular complexity index is 1240. The van der Waals surface area contributed by atoms with Gasteiger partial charge in [-0.2, -0.15) is 0 Å². The predicted molar refractivity (Wildman–Crippen MR) is 103 cm³/mol. The van der Waals surface area contributed by atoms with E-state index in [4.69, 9.17) is 4.42 Å². The minimum atomic E-state index is -0.750. The third-order valence-corrected chi connectivity index (χ3v) is 4.39. The highest BCUT2D eigenvalue weighted by Crippen LogP contribution is 2.20. The van der Waals surface area contributed by atoms with Crippen molar-refractivity contribution in [2.45, 2.75) is 13.1 Å². The molecule has 29 heavy (non-hydrogen) atoms. The number of oxazole rings is 1. The highest BCUT2D eigenvalue weighted by Gasteiger charge is 2.16. The van der Waals surface area contributed by atoms with Crippen molar-refractivity contribution >= 4 is 22.7 Å². The molecule has 0 saturated carbocycles. The maximum absolute atomic E-state index is 12.3. The number of imidazole rings is 1. The Hall–Kier alpha value is -4.21. The standard InChI is InChI=1S/C19H15N5O5/c25-18(21-10-13-1-3-14(4-2-13)22-8-7-20-12-22)11-23-16-6-5-15(24(27)28)9-17(16)29-19(23)26/h1-9,12H,10-11H2,(H,21,25). The fourth-order valence-corrected chi connectivity index (χ4v) is 2.92. The normalized spacial score (nSPS) is 10.9. The summed E-state index contributed by atoms with van der Waals surface area (Å²) >= 11 is 0. The Morgan fingerprint density at radius 3 is 2.69 bits per heavy atom. The Morgan fingerprint density at radius 2 is 2.00 bits per heavy atom. The molecule has 2 aromatic carbocycles. The zero-order chi connectivity index (χ0) is 20.4. The third-order valence-electron chi connectivity index (χ3n) is 4.39. The van der Waals surface area contributed by atoms with Gasteiger partial charge in [-0.25, -0.2) is 9.78 Å². The molecule has 1 N–H and O–H groups in total. The number of fused-ring (bicyclic) bond motifs is 1. The van der Waals surface area contributed by atoms with Gasteiger partial charge >= 0.3 is 5.76 Å². The second-order valence-electron chi connectivity index (χ2n) is 6.28. The maximum Gasteiger partial charge on any atom is 0.420 e. The van der Waals surface area contributed by atoms with Gasteiger partial charge < -0.3 is 14.3 Å². The number of hydrogen-bond acceptors (Lipinski definition) is 6. The van der Waals surface area contributed by atoms with Crippen LogP contribution in [-0.2, 0) is 17.9 Å². The van der Waals surface area contributed by atoms with E-state index in [-0.39, 0.29) is 23.7 Å². The van der Waals surface area contributed by atoms with E-state index < -0.39 is 10.7 Å². The minimum absolute atomic E-state index is 0.0621. The van der Waals surface area contributed by atoms with Crippen molar-refractivity contribution in [3.63, 3.8) is 0 Å². The van der Waals surface area contributed by atoms with Crippen LogP contribution in [0.25, 0.3) is 16.8 Å². The van der Waals surface area contributed by atoms with Gasteiger partial charge in [0.15, 0.2) is 5.58 Å². The first-order chi connectivity index (χ1) is 14.0. The van der Waals surface area contributed by atoms with Gasteiger partial charge in [0.05, 0.1) is 22.8 Å². The lowest BCUT2D eigenvalue weighted by Crippen LogP contribution is -2.30. The van der Waals surface area contributed by atoms with E-state index in [1.54, 1.807) is 12.5 Å². The first-order valence-corrected chi connectivity index (χ1v) is 8.63. The summed E-state index contributed by atoms with van der Waals surface area (Å²) in [5, 5.41) is 13.6. The van der Waals surface area contributed by atoms with Crippen molar-refractivity contribution in [2.24, 2.45) is 0 Å². The number of carbonyl (C=O) groups is 1. The van der Waals surface area contributed by atoms with Crippen LogP contribution in [0.1, 0.15) is 5.56 Å². The molecule has 10 nitrogen and oxygen atoms in total. The molecule has 146 valence electrons. The largest absolute Gasteiger partial charge is 0.420 e. The number of benzene rings is 2. The minimum Gasteiger partial charge on any atom is -0.407 e. The molecular weight excluding hydrogens is 378 g/mol. The van der Waals surface area contributed by atoms with Crippen molar-refractivity contribution in [3.05, 3.63) is 87.4 Å². The van der Waals surface area contributed by atoms with E-state index in [1.807, 2.05) is 35.0 Å². The number of aromatic nitrogens is 3. The first-order valence-electron chi connectivity index (χ1n) is 8.63. The molecule has 0 spiro atoms. The number of nitrogens with zero attached hydrogens (tertiary/aromatic N) is 4. The van der Waals surface area contributed by atoms with Gasteiger partial charge in [0.2, 0.25) is 5.91 Å². The fraction of sp³-hybridized carbons (Fsp3) is 0.105. The van der Waals surface area contributed by atoms with Crippen molar-refractivity contribution in [3.8, 4) is 5.69 Å². The smallest absolute Gasteiger partial charge is 0.407 e. The maximum atomic E-state index is 12.3. The molecule has 0 fully saturated rings. The summed E-state index contributed by atoms with van der Waals surface area (Å²) < 4.78 is 8.02. The molecule has 10 heteroatoms. The molecule has 0 aliphatic heterocycles. The van der Waals surface area contributed by atoms with Crippen molar-refractivity contribution < 1.29 is 14.1 Å². The Morgan fingerprint density at radius 1 is 1.21 bits per heavy atom. The number of hydrogen-bond donors (Lipinski definition) is 1. The number of amides is 1. The second kappa shape index (κ2) is 7.43. The van der Waals surface area contributed by atoms with Gasteiger partial charge in [0.25, 0.3) is 5.69 Å². The molecule has 2 heterocycles. The van der Waals surface area contributed by atoms with E-state index in [0.29, 0.717) is 12.1 Å². The van der Waals surface area contributed by atoms with Crippen LogP contribution in [0.5, 0.6) is 0 Å². The van der Waals surface area contributed by atoms with Gasteiger partial charge in [-0.05, 0) is 23.8 Å². The monoisotopic (exact) mass is 393 g/mol. The second-order valence-corrected chi connectivity index (χ2v) is 6.28. The van der Waals surface area contributed by atoms with E-state index in [2.05, 4.69) is 10.3 Å². The molecule has 0 radical (unpaired) electrons. The van der Waals surface area contributed by atoms with E-state index >= 15 is 0 Å². The summed E-state index contributed by atoms with van der Waals surface area (Å²) in [5.74, 6) is -1.13. The molecule has 4 aromatic rings. The molecule has 0 unspecified atom stereocenters. The van der Waals surface area contributed by atoms with Crippen molar-refractivity contribution in [1.82, 2.24) is 19.4 Å². The summed E-state index contributed by atoms with van der Waals surface area (Å²) in [7, 11) is 0. The summed E-state index contributed by atoms with van der Waals surface area (Å²) in [6, 6.07) is 11.4. The Balaban J connectivity index is 1.43. The van der Waals surface area contributed by atoms with Gasteiger partial charge in [0, 0.05) is 30.7 Å². The van der Waals surface area contributed by atoms with Crippen LogP contribution in [0.3, 0.4) is 0 Å². The molecule has 0 aliphatic rings. The van der Waals surface area contributed by atoms with Crippen molar-refractivity contribution in [1.29, 1.82) is 0 Å². The van der Waals surface area contributed by atoms with E-state index in [0.717, 1.165) is 21.9 Å². The number of rotatable bonds is 6. The molecule has 0 atom stereocenters. The number of nitro groups is 1. The Kier molecular flexibility index (Phi) is 4.65. The zero-order valence-corrected chi connectivity index (χ0v) is 15.0. The van der Waals surface area contributed by atoms with Gasteiger partial charge in [0.1, 0.15) is 6.54 Å². The quantitative estimate of drug-likeness (QED) is 0.394. The number of nitrogens with one attached hydrogen (secondary N) is 1. The van der Waals surface area contributed by atoms with Gasteiger partial charge in [-0.15, -0.1) is 0 Å². The SMILES string of the molecule is O=C(Cn1c(=O)oc2cc([N+](=O)[O-])ccc21)NCc1ccc(-n2ccnc2)cc1. The predicted octanol–water partition coefficient (Wildman–Crippen LogP) is 2.00. The van der Waals surface area contributed by atoms with Crippen LogP contribution < -0.4 is 11.1 Å². The van der Waals surface area contributed by atoms with Crippen molar-refractivity contribution in [2.75, 3.05) is 0 Å². The topological polar surface area (TPSA) is 125 Å². The van der Waals surface area contributed by atoms with Crippen LogP contribution in [0, 0.1) is 10.1 Å². The number of non-ortho nitro benzene ring substituents is 1. The average Bonchev–Trinajstić information content (AvgIpc) is 3.35. The summed E-state index contributed by atoms with van der Waals surface area (Å²) in [4.78, 5) is 38.5. The molecular formula is C19H15N5O5. The van der Waals surface area contributed by atoms with Crippen LogP contribution in [0.4, 0.5) is 5.69 Å². The average molecular weight is 393 g/mol. The molecule has 2 aromatic heterocycles. The fourth-order valence-electron chi connectivity index (χ4n) is 2.92. The van der Waals surface area contributed by atoms with Crippen LogP contribution in [-0.4, -0.2) is 24.9 Å². The number of carbonyl (C=O) groups excluding carboxylic acids is 1. The van der Waals surface area contributed by atoms with E-state index in [9.17, 15) is 19.7 Å². The van der Waals surface area contributed by atoms with Crippen LogP contribution >= 0.6 is 0 Å². The molecule has 0 bridgehead atoms. The molecule has 0 aliphatic carbocycles. The van der Waals surface area contributed by atoms with E-state index in [1.165, 1.54) is 12.1 Å². The Labute approximate surface area is 163 Å². The molecule has 1 amide bonds. The molecule has 0 saturated heterocycles. The van der Waals surface area contributed by atoms with Gasteiger partial charge in [-0.1, -0.05) is 12.1 Å². The lowest BCUT2D eigenvalue weighted by molar-refractivity contribution is -0.384. The number of nitro benzene ring substituents is 1.